The monoisotopic (exact) mass is 642 g/mol. The standard InChI is InChI=1S/C33H38N8O4S/c1-40-12-14-41(15-13-40)11-4-16-45-29-19-27-25(18-28(29)44-3)31(36-21-35-27)37-23-7-10-26-30(17-23)46-33(38-26)39-32(42)34-20-22-5-8-24(43-2)9-6-22/h5-10,17-19,21H,4,11-16,20H2,1-3H3,(H,35,36,37)(H2,34,38,39,42). The molecule has 0 radical (unpaired) electrons. The molecule has 6 rings (SSSR count). The number of anilines is 3. The summed E-state index contributed by atoms with van der Waals surface area (Å²) < 4.78 is 17.9. The maximum absolute atomic E-state index is 12.5. The van der Waals surface area contributed by atoms with Crippen molar-refractivity contribution in [3.05, 3.63) is 66.5 Å². The first-order valence-electron chi connectivity index (χ1n) is 15.2. The van der Waals surface area contributed by atoms with E-state index in [1.54, 1.807) is 14.2 Å². The number of methoxy groups -OCH3 is 2. The first kappa shape index (κ1) is 31.3. The molecule has 0 atom stereocenters. The number of benzene rings is 3. The van der Waals surface area contributed by atoms with Gasteiger partial charge in [-0.25, -0.2) is 19.7 Å². The van der Waals surface area contributed by atoms with Crippen molar-refractivity contribution in [3.8, 4) is 17.2 Å². The Balaban J connectivity index is 1.08. The Hall–Kier alpha value is -4.72. The van der Waals surface area contributed by atoms with Crippen molar-refractivity contribution in [3.63, 3.8) is 0 Å². The summed E-state index contributed by atoms with van der Waals surface area (Å²) in [6.45, 7) is 6.41. The number of thiazole rings is 1. The molecular formula is C33H38N8O4S. The van der Waals surface area contributed by atoms with Gasteiger partial charge in [0, 0.05) is 56.4 Å². The molecule has 0 bridgehead atoms. The minimum Gasteiger partial charge on any atom is -0.497 e. The number of hydrogen-bond donors (Lipinski definition) is 3. The average Bonchev–Trinajstić information content (AvgIpc) is 3.48. The molecule has 1 aliphatic heterocycles. The van der Waals surface area contributed by atoms with Gasteiger partial charge in [-0.2, -0.15) is 0 Å². The summed E-state index contributed by atoms with van der Waals surface area (Å²) in [6.07, 6.45) is 2.47. The highest BCUT2D eigenvalue weighted by Crippen LogP contribution is 2.36. The van der Waals surface area contributed by atoms with Gasteiger partial charge in [0.15, 0.2) is 16.6 Å². The maximum Gasteiger partial charge on any atom is 0.321 e. The molecule has 1 saturated heterocycles. The minimum atomic E-state index is -0.326. The van der Waals surface area contributed by atoms with Crippen LogP contribution in [0.15, 0.2) is 60.9 Å². The third kappa shape index (κ3) is 7.73. The number of hydrogen-bond acceptors (Lipinski definition) is 11. The molecule has 13 heteroatoms. The lowest BCUT2D eigenvalue weighted by molar-refractivity contribution is 0.145. The minimum absolute atomic E-state index is 0.326. The van der Waals surface area contributed by atoms with Gasteiger partial charge in [-0.3, -0.25) is 5.32 Å². The predicted molar refractivity (Wildman–Crippen MR) is 182 cm³/mol. The second-order valence-corrected chi connectivity index (χ2v) is 12.1. The van der Waals surface area contributed by atoms with Crippen molar-refractivity contribution in [1.82, 2.24) is 30.1 Å². The summed E-state index contributed by atoms with van der Waals surface area (Å²) in [5.74, 6) is 2.71. The lowest BCUT2D eigenvalue weighted by atomic mass is 10.2. The number of urea groups is 1. The number of carbonyl (C=O) groups is 1. The number of carbonyl (C=O) groups excluding carboxylic acids is 1. The van der Waals surface area contributed by atoms with Gasteiger partial charge in [-0.15, -0.1) is 0 Å². The molecule has 1 aliphatic rings. The van der Waals surface area contributed by atoms with Crippen molar-refractivity contribution in [2.45, 2.75) is 13.0 Å². The Kier molecular flexibility index (Phi) is 9.91. The van der Waals surface area contributed by atoms with E-state index in [1.165, 1.54) is 17.7 Å². The van der Waals surface area contributed by atoms with Crippen LogP contribution in [0.4, 0.5) is 21.4 Å². The van der Waals surface area contributed by atoms with Crippen LogP contribution in [0.2, 0.25) is 0 Å². The molecule has 3 aromatic carbocycles. The zero-order valence-corrected chi connectivity index (χ0v) is 27.0. The second-order valence-electron chi connectivity index (χ2n) is 11.1. The number of nitrogens with one attached hydrogen (secondary N) is 3. The first-order valence-corrected chi connectivity index (χ1v) is 16.0. The third-order valence-corrected chi connectivity index (χ3v) is 8.81. The largest absolute Gasteiger partial charge is 0.497 e. The van der Waals surface area contributed by atoms with Gasteiger partial charge in [0.1, 0.15) is 17.9 Å². The lowest BCUT2D eigenvalue weighted by Crippen LogP contribution is -2.44. The SMILES string of the molecule is COc1ccc(CNC(=O)Nc2nc3ccc(Nc4ncnc5cc(OCCCN6CCN(C)CC6)c(OC)cc45)cc3s2)cc1. The van der Waals surface area contributed by atoms with Gasteiger partial charge < -0.3 is 34.6 Å². The lowest BCUT2D eigenvalue weighted by Gasteiger charge is -2.32. The number of fused-ring (bicyclic) bond motifs is 2. The number of aromatic nitrogens is 3. The van der Waals surface area contributed by atoms with Gasteiger partial charge in [0.05, 0.1) is 36.6 Å². The number of ether oxygens (including phenoxy) is 3. The normalized spacial score (nSPS) is 13.9. The zero-order chi connectivity index (χ0) is 31.9. The summed E-state index contributed by atoms with van der Waals surface area (Å²) in [4.78, 5) is 30.9. The van der Waals surface area contributed by atoms with E-state index in [0.717, 1.165) is 77.3 Å². The molecule has 240 valence electrons. The number of amides is 2. The van der Waals surface area contributed by atoms with Crippen molar-refractivity contribution in [2.24, 2.45) is 0 Å². The van der Waals surface area contributed by atoms with Crippen LogP contribution >= 0.6 is 11.3 Å². The molecule has 3 heterocycles. The van der Waals surface area contributed by atoms with Gasteiger partial charge in [-0.1, -0.05) is 23.5 Å². The number of piperazine rings is 1. The molecule has 0 unspecified atom stereocenters. The smallest absolute Gasteiger partial charge is 0.321 e. The Bertz CT molecular complexity index is 1790. The molecule has 0 spiro atoms. The van der Waals surface area contributed by atoms with Gasteiger partial charge in [0.25, 0.3) is 0 Å². The van der Waals surface area contributed by atoms with E-state index >= 15 is 0 Å². The number of rotatable bonds is 12. The molecule has 0 aliphatic carbocycles. The van der Waals surface area contributed by atoms with Gasteiger partial charge in [-0.05, 0) is 55.4 Å². The van der Waals surface area contributed by atoms with Gasteiger partial charge >= 0.3 is 6.03 Å². The van der Waals surface area contributed by atoms with Crippen LogP contribution in [-0.2, 0) is 6.54 Å². The molecule has 12 nitrogen and oxygen atoms in total. The second kappa shape index (κ2) is 14.6. The Morgan fingerprint density at radius 1 is 0.935 bits per heavy atom. The fourth-order valence-electron chi connectivity index (χ4n) is 5.24. The molecule has 2 aromatic heterocycles. The fourth-order valence-corrected chi connectivity index (χ4v) is 6.14. The van der Waals surface area contributed by atoms with Crippen LogP contribution in [-0.4, -0.2) is 91.4 Å². The van der Waals surface area contributed by atoms with E-state index in [-0.39, 0.29) is 6.03 Å². The summed E-state index contributed by atoms with van der Waals surface area (Å²) in [6, 6.07) is 16.8. The molecule has 1 fully saturated rings. The maximum atomic E-state index is 12.5. The van der Waals surface area contributed by atoms with Crippen LogP contribution in [0.25, 0.3) is 21.1 Å². The van der Waals surface area contributed by atoms with Crippen LogP contribution < -0.4 is 30.2 Å². The Morgan fingerprint density at radius 2 is 1.76 bits per heavy atom. The van der Waals surface area contributed by atoms with E-state index in [9.17, 15) is 4.79 Å². The molecule has 5 aromatic rings. The van der Waals surface area contributed by atoms with Crippen LogP contribution in [0.5, 0.6) is 17.2 Å². The summed E-state index contributed by atoms with van der Waals surface area (Å²) in [7, 11) is 5.43. The van der Waals surface area contributed by atoms with Crippen molar-refractivity contribution in [1.29, 1.82) is 0 Å². The quantitative estimate of drug-likeness (QED) is 0.154. The number of likely N-dealkylation sites (N-methyl/N-ethyl adjacent to an activating group) is 1. The first-order chi connectivity index (χ1) is 22.5. The van der Waals surface area contributed by atoms with Crippen LogP contribution in [0, 0.1) is 0 Å². The van der Waals surface area contributed by atoms with E-state index in [2.05, 4.69) is 47.7 Å². The summed E-state index contributed by atoms with van der Waals surface area (Å²) in [5, 5.41) is 10.4. The van der Waals surface area contributed by atoms with Crippen LogP contribution in [0.3, 0.4) is 0 Å². The predicted octanol–water partition coefficient (Wildman–Crippen LogP) is 5.34. The molecule has 46 heavy (non-hydrogen) atoms. The topological polar surface area (TPSA) is 126 Å². The van der Waals surface area contributed by atoms with E-state index < -0.39 is 0 Å². The summed E-state index contributed by atoms with van der Waals surface area (Å²) >= 11 is 1.39. The highest BCUT2D eigenvalue weighted by Gasteiger charge is 2.15. The molecule has 3 N–H and O–H groups in total. The van der Waals surface area contributed by atoms with E-state index in [1.807, 2.05) is 54.6 Å². The highest BCUT2D eigenvalue weighted by atomic mass is 32.1. The molecular weight excluding hydrogens is 604 g/mol. The van der Waals surface area contributed by atoms with Crippen LogP contribution in [0.1, 0.15) is 12.0 Å². The van der Waals surface area contributed by atoms with E-state index in [0.29, 0.717) is 35.6 Å². The van der Waals surface area contributed by atoms with Gasteiger partial charge in [0.2, 0.25) is 0 Å². The average molecular weight is 643 g/mol. The Morgan fingerprint density at radius 3 is 2.54 bits per heavy atom. The number of nitrogens with zero attached hydrogens (tertiary/aromatic N) is 5. The fraction of sp³-hybridized carbons (Fsp3) is 0.333. The third-order valence-electron chi connectivity index (χ3n) is 7.88. The van der Waals surface area contributed by atoms with Crippen molar-refractivity contribution in [2.75, 3.05) is 71.2 Å². The molecule has 2 amide bonds. The van der Waals surface area contributed by atoms with Crippen molar-refractivity contribution >= 4 is 55.1 Å². The molecule has 0 saturated carbocycles. The highest BCUT2D eigenvalue weighted by molar-refractivity contribution is 7.22. The van der Waals surface area contributed by atoms with Crippen molar-refractivity contribution < 1.29 is 19.0 Å². The summed E-state index contributed by atoms with van der Waals surface area (Å²) in [5.41, 5.74) is 3.32. The Labute approximate surface area is 271 Å². The van der Waals surface area contributed by atoms with E-state index in [4.69, 9.17) is 14.2 Å². The zero-order valence-electron chi connectivity index (χ0n) is 26.2.